The molecule has 0 heterocycles. The molecule has 1 rings (SSSR count). The molecular weight excluding hydrogens is 258 g/mol. The number of hydrogen-bond donors (Lipinski definition) is 0. The van der Waals surface area contributed by atoms with Gasteiger partial charge in [0.1, 0.15) is 0 Å². The standard InChI is InChI=1S/C11H15NOS3/c1-3-14-12(15-4-2)11(13)16-10-8-6-5-7-9-10/h5-9H,3-4H2,1-2H3. The molecule has 0 aliphatic rings. The monoisotopic (exact) mass is 273 g/mol. The SMILES string of the molecule is CCSN(SCC)C(=O)Sc1ccccc1. The van der Waals surface area contributed by atoms with Crippen LogP contribution in [0.1, 0.15) is 13.8 Å². The van der Waals surface area contributed by atoms with E-state index >= 15 is 0 Å². The molecule has 2 nitrogen and oxygen atoms in total. The van der Waals surface area contributed by atoms with Crippen LogP contribution >= 0.6 is 35.7 Å². The lowest BCUT2D eigenvalue weighted by atomic mass is 10.4. The zero-order valence-electron chi connectivity index (χ0n) is 9.38. The quantitative estimate of drug-likeness (QED) is 0.579. The van der Waals surface area contributed by atoms with Gasteiger partial charge in [0.25, 0.3) is 0 Å². The number of rotatable bonds is 5. The first-order chi connectivity index (χ1) is 7.77. The fraction of sp³-hybridized carbons (Fsp3) is 0.364. The van der Waals surface area contributed by atoms with Crippen molar-refractivity contribution >= 4 is 40.9 Å². The summed E-state index contributed by atoms with van der Waals surface area (Å²) in [5, 5.41) is 0.0879. The van der Waals surface area contributed by atoms with E-state index in [0.29, 0.717) is 0 Å². The summed E-state index contributed by atoms with van der Waals surface area (Å²) >= 11 is 4.39. The minimum absolute atomic E-state index is 0.0879. The van der Waals surface area contributed by atoms with Crippen molar-refractivity contribution in [1.29, 1.82) is 0 Å². The van der Waals surface area contributed by atoms with Gasteiger partial charge in [-0.3, -0.25) is 4.79 Å². The largest absolute Gasteiger partial charge is 0.306 e. The number of nitrogens with zero attached hydrogens (tertiary/aromatic N) is 1. The van der Waals surface area contributed by atoms with Gasteiger partial charge in [-0.2, -0.15) is 0 Å². The first-order valence-electron chi connectivity index (χ1n) is 5.10. The van der Waals surface area contributed by atoms with Crippen molar-refractivity contribution in [2.75, 3.05) is 11.5 Å². The minimum Gasteiger partial charge on any atom is -0.259 e. The van der Waals surface area contributed by atoms with Gasteiger partial charge in [-0.25, -0.2) is 3.71 Å². The summed E-state index contributed by atoms with van der Waals surface area (Å²) in [7, 11) is 0. The van der Waals surface area contributed by atoms with Gasteiger partial charge in [0.2, 0.25) is 0 Å². The molecule has 88 valence electrons. The summed E-state index contributed by atoms with van der Waals surface area (Å²) in [6.45, 7) is 4.10. The summed E-state index contributed by atoms with van der Waals surface area (Å²) in [6, 6.07) is 9.75. The fourth-order valence-corrected chi connectivity index (χ4v) is 3.72. The summed E-state index contributed by atoms with van der Waals surface area (Å²) in [5.74, 6) is 1.82. The topological polar surface area (TPSA) is 20.3 Å². The zero-order chi connectivity index (χ0) is 11.8. The highest BCUT2D eigenvalue weighted by Gasteiger charge is 2.14. The van der Waals surface area contributed by atoms with Crippen molar-refractivity contribution in [1.82, 2.24) is 3.71 Å². The Morgan fingerprint density at radius 2 is 1.69 bits per heavy atom. The lowest BCUT2D eigenvalue weighted by molar-refractivity contribution is 0.259. The third-order valence-corrected chi connectivity index (χ3v) is 4.64. The molecule has 0 unspecified atom stereocenters. The van der Waals surface area contributed by atoms with Crippen LogP contribution in [0.15, 0.2) is 35.2 Å². The highest BCUT2D eigenvalue weighted by molar-refractivity contribution is 8.20. The van der Waals surface area contributed by atoms with Gasteiger partial charge in [0.05, 0.1) is 0 Å². The van der Waals surface area contributed by atoms with Gasteiger partial charge in [-0.05, 0) is 47.8 Å². The van der Waals surface area contributed by atoms with Gasteiger partial charge in [0.15, 0.2) is 0 Å². The number of thioether (sulfide) groups is 1. The fourth-order valence-electron chi connectivity index (χ4n) is 1.00. The lowest BCUT2D eigenvalue weighted by Crippen LogP contribution is -2.12. The van der Waals surface area contributed by atoms with Gasteiger partial charge in [-0.1, -0.05) is 32.0 Å². The van der Waals surface area contributed by atoms with Crippen molar-refractivity contribution in [2.45, 2.75) is 18.7 Å². The van der Waals surface area contributed by atoms with Gasteiger partial charge < -0.3 is 0 Å². The van der Waals surface area contributed by atoms with Gasteiger partial charge in [-0.15, -0.1) is 0 Å². The van der Waals surface area contributed by atoms with E-state index in [1.54, 1.807) is 27.6 Å². The molecule has 1 aromatic rings. The van der Waals surface area contributed by atoms with Crippen molar-refractivity contribution in [3.63, 3.8) is 0 Å². The van der Waals surface area contributed by atoms with Crippen LogP contribution in [0.4, 0.5) is 4.79 Å². The van der Waals surface area contributed by atoms with Crippen molar-refractivity contribution < 1.29 is 4.79 Å². The maximum Gasteiger partial charge on any atom is 0.306 e. The van der Waals surface area contributed by atoms with Crippen LogP contribution in [-0.2, 0) is 0 Å². The van der Waals surface area contributed by atoms with E-state index in [2.05, 4.69) is 0 Å². The number of hydrogen-bond acceptors (Lipinski definition) is 4. The molecule has 1 aromatic carbocycles. The smallest absolute Gasteiger partial charge is 0.259 e. The van der Waals surface area contributed by atoms with Crippen LogP contribution in [0, 0.1) is 0 Å². The molecule has 0 atom stereocenters. The Hall–Kier alpha value is -0.260. The Kier molecular flexibility index (Phi) is 6.84. The molecule has 0 aliphatic carbocycles. The molecule has 0 aromatic heterocycles. The van der Waals surface area contributed by atoms with E-state index in [1.165, 1.54) is 11.8 Å². The maximum absolute atomic E-state index is 11.9. The molecule has 0 fully saturated rings. The predicted molar refractivity (Wildman–Crippen MR) is 75.8 cm³/mol. The molecular formula is C11H15NOS3. The zero-order valence-corrected chi connectivity index (χ0v) is 11.8. The van der Waals surface area contributed by atoms with E-state index in [0.717, 1.165) is 16.4 Å². The summed E-state index contributed by atoms with van der Waals surface area (Å²) in [4.78, 5) is 12.9. The molecule has 0 saturated carbocycles. The van der Waals surface area contributed by atoms with Crippen LogP contribution in [0.25, 0.3) is 0 Å². The average molecular weight is 273 g/mol. The average Bonchev–Trinajstić information content (AvgIpc) is 2.30. The molecule has 5 heteroatoms. The second kappa shape index (κ2) is 7.92. The second-order valence-corrected chi connectivity index (χ2v) is 6.43. The molecule has 0 radical (unpaired) electrons. The maximum atomic E-state index is 11.9. The van der Waals surface area contributed by atoms with Crippen molar-refractivity contribution in [2.24, 2.45) is 0 Å². The number of benzene rings is 1. The predicted octanol–water partition coefficient (Wildman–Crippen LogP) is 4.54. The number of amides is 1. The number of carbonyl (C=O) groups excluding carboxylic acids is 1. The number of carbonyl (C=O) groups is 1. The third kappa shape index (κ3) is 4.72. The Morgan fingerprint density at radius 3 is 2.19 bits per heavy atom. The van der Waals surface area contributed by atoms with Gasteiger partial charge in [0, 0.05) is 16.4 Å². The van der Waals surface area contributed by atoms with Crippen LogP contribution in [0.2, 0.25) is 0 Å². The molecule has 16 heavy (non-hydrogen) atoms. The normalized spacial score (nSPS) is 10.1. The van der Waals surface area contributed by atoms with Crippen LogP contribution in [-0.4, -0.2) is 20.5 Å². The van der Waals surface area contributed by atoms with Crippen LogP contribution in [0.5, 0.6) is 0 Å². The van der Waals surface area contributed by atoms with Crippen molar-refractivity contribution in [3.8, 4) is 0 Å². The molecule has 0 aliphatic heterocycles. The van der Waals surface area contributed by atoms with E-state index in [4.69, 9.17) is 0 Å². The van der Waals surface area contributed by atoms with E-state index in [1.807, 2.05) is 44.2 Å². The third-order valence-electron chi connectivity index (χ3n) is 1.59. The van der Waals surface area contributed by atoms with E-state index in [9.17, 15) is 4.79 Å². The summed E-state index contributed by atoms with van der Waals surface area (Å²) < 4.78 is 1.76. The summed E-state index contributed by atoms with van der Waals surface area (Å²) in [6.07, 6.45) is 0. The Balaban J connectivity index is 2.55. The molecule has 0 bridgehead atoms. The first kappa shape index (κ1) is 13.8. The Morgan fingerprint density at radius 1 is 1.12 bits per heavy atom. The molecule has 0 N–H and O–H groups in total. The van der Waals surface area contributed by atoms with E-state index < -0.39 is 0 Å². The summed E-state index contributed by atoms with van der Waals surface area (Å²) in [5.41, 5.74) is 0. The molecule has 1 amide bonds. The second-order valence-electron chi connectivity index (χ2n) is 2.77. The Bertz CT molecular complexity index is 312. The molecule has 0 saturated heterocycles. The van der Waals surface area contributed by atoms with Crippen LogP contribution in [0.3, 0.4) is 0 Å². The minimum atomic E-state index is 0.0879. The van der Waals surface area contributed by atoms with Crippen molar-refractivity contribution in [3.05, 3.63) is 30.3 Å². The highest BCUT2D eigenvalue weighted by Crippen LogP contribution is 2.30. The molecule has 0 spiro atoms. The highest BCUT2D eigenvalue weighted by atomic mass is 32.2. The Labute approximate surface area is 110 Å². The van der Waals surface area contributed by atoms with Gasteiger partial charge >= 0.3 is 5.24 Å². The van der Waals surface area contributed by atoms with E-state index in [-0.39, 0.29) is 5.24 Å². The van der Waals surface area contributed by atoms with Crippen LogP contribution < -0.4 is 0 Å². The first-order valence-corrected chi connectivity index (χ1v) is 7.80. The lowest BCUT2D eigenvalue weighted by Gasteiger charge is -2.17.